The van der Waals surface area contributed by atoms with Crippen molar-refractivity contribution in [3.63, 3.8) is 0 Å². The minimum absolute atomic E-state index is 0.619. The first-order valence-corrected chi connectivity index (χ1v) is 16.4. The zero-order valence-corrected chi connectivity index (χ0v) is 26.7. The van der Waals surface area contributed by atoms with E-state index in [0.717, 1.165) is 66.9 Å². The third-order valence-electron chi connectivity index (χ3n) is 8.30. The second-order valence-electron chi connectivity index (χ2n) is 11.4. The highest BCUT2D eigenvalue weighted by Crippen LogP contribution is 2.39. The second-order valence-corrected chi connectivity index (χ2v) is 12.5. The Labute approximate surface area is 285 Å². The Morgan fingerprint density at radius 3 is 1.18 bits per heavy atom. The van der Waals surface area contributed by atoms with Crippen LogP contribution in [-0.4, -0.2) is 39.9 Å². The fraction of sp³-hybridized carbons (Fsp3) is 0. The summed E-state index contributed by atoms with van der Waals surface area (Å²) >= 11 is 1.77. The molecule has 0 amide bonds. The first kappa shape index (κ1) is 28.6. The average molecular weight is 649 g/mol. The summed E-state index contributed by atoms with van der Waals surface area (Å²) in [4.78, 5) is 36.9. The molecule has 7 aromatic heterocycles. The number of fused-ring (bicyclic) bond motifs is 3. The minimum atomic E-state index is 0.619. The van der Waals surface area contributed by atoms with E-state index in [0.29, 0.717) is 11.6 Å². The van der Waals surface area contributed by atoms with Crippen LogP contribution >= 0.6 is 11.3 Å². The second kappa shape index (κ2) is 12.2. The van der Waals surface area contributed by atoms with Gasteiger partial charge in [-0.3, -0.25) is 19.9 Å². The lowest BCUT2D eigenvalue weighted by Gasteiger charge is -2.10. The van der Waals surface area contributed by atoms with Gasteiger partial charge in [0.15, 0.2) is 11.6 Å². The van der Waals surface area contributed by atoms with E-state index in [1.165, 1.54) is 9.40 Å². The third kappa shape index (κ3) is 5.58. The van der Waals surface area contributed by atoms with E-state index < -0.39 is 0 Å². The van der Waals surface area contributed by atoms with Crippen LogP contribution in [0.25, 0.3) is 88.0 Å². The molecule has 0 atom stereocenters. The molecule has 0 N–H and O–H groups in total. The maximum atomic E-state index is 5.02. The lowest BCUT2D eigenvalue weighted by molar-refractivity contribution is 1.17. The molecule has 0 aliphatic rings. The van der Waals surface area contributed by atoms with E-state index in [9.17, 15) is 0 Å². The van der Waals surface area contributed by atoms with Crippen LogP contribution in [0.15, 0.2) is 147 Å². The van der Waals surface area contributed by atoms with Gasteiger partial charge in [-0.15, -0.1) is 11.3 Å². The lowest BCUT2D eigenvalue weighted by atomic mass is 10.0. The van der Waals surface area contributed by atoms with Crippen molar-refractivity contribution in [2.75, 3.05) is 0 Å². The van der Waals surface area contributed by atoms with Gasteiger partial charge in [-0.1, -0.05) is 12.1 Å². The van der Waals surface area contributed by atoms with Gasteiger partial charge in [-0.25, -0.2) is 19.9 Å². The number of nitrogens with zero attached hydrogens (tertiary/aromatic N) is 8. The Kier molecular flexibility index (Phi) is 7.14. The summed E-state index contributed by atoms with van der Waals surface area (Å²) < 4.78 is 2.39. The SMILES string of the molecule is c1cncc(-c2nc(-c3ccncc3)cc(-c3ccc4sc5ccc(-c6cc(-c7ccncc7)nc(-c7cccnc7)n6)cc5c4c3)n2)c1. The highest BCUT2D eigenvalue weighted by atomic mass is 32.1. The van der Waals surface area contributed by atoms with Gasteiger partial charge in [0.2, 0.25) is 0 Å². The molecule has 9 heteroatoms. The normalized spacial score (nSPS) is 11.3. The largest absolute Gasteiger partial charge is 0.265 e. The molecule has 0 aliphatic carbocycles. The van der Waals surface area contributed by atoms with E-state index in [1.807, 2.05) is 60.7 Å². The van der Waals surface area contributed by atoms with Gasteiger partial charge in [0.05, 0.1) is 22.8 Å². The summed E-state index contributed by atoms with van der Waals surface area (Å²) in [5.74, 6) is 1.24. The van der Waals surface area contributed by atoms with Crippen molar-refractivity contribution in [3.8, 4) is 67.8 Å². The molecule has 0 spiro atoms. The van der Waals surface area contributed by atoms with Gasteiger partial charge in [0.1, 0.15) is 0 Å². The van der Waals surface area contributed by atoms with Crippen molar-refractivity contribution in [2.24, 2.45) is 0 Å². The van der Waals surface area contributed by atoms with Crippen molar-refractivity contribution in [1.29, 1.82) is 0 Å². The number of pyridine rings is 4. The Balaban J connectivity index is 1.19. The van der Waals surface area contributed by atoms with Gasteiger partial charge in [-0.2, -0.15) is 0 Å². The van der Waals surface area contributed by atoms with Gasteiger partial charge >= 0.3 is 0 Å². The topological polar surface area (TPSA) is 103 Å². The van der Waals surface area contributed by atoms with Crippen molar-refractivity contribution in [1.82, 2.24) is 39.9 Å². The Bertz CT molecular complexity index is 2300. The third-order valence-corrected chi connectivity index (χ3v) is 9.46. The van der Waals surface area contributed by atoms with Crippen molar-refractivity contribution >= 4 is 31.5 Å². The Morgan fingerprint density at radius 1 is 0.347 bits per heavy atom. The molecule has 7 heterocycles. The molecule has 2 aromatic carbocycles. The van der Waals surface area contributed by atoms with Crippen LogP contribution < -0.4 is 0 Å². The van der Waals surface area contributed by atoms with Crippen molar-refractivity contribution < 1.29 is 0 Å². The zero-order chi connectivity index (χ0) is 32.6. The molecule has 0 saturated heterocycles. The summed E-state index contributed by atoms with van der Waals surface area (Å²) in [6.07, 6.45) is 14.2. The van der Waals surface area contributed by atoms with Gasteiger partial charge in [0.25, 0.3) is 0 Å². The minimum Gasteiger partial charge on any atom is -0.265 e. The highest BCUT2D eigenvalue weighted by Gasteiger charge is 2.15. The summed E-state index contributed by atoms with van der Waals surface area (Å²) in [5, 5.41) is 2.31. The van der Waals surface area contributed by atoms with E-state index in [1.54, 1.807) is 60.9 Å². The fourth-order valence-electron chi connectivity index (χ4n) is 5.88. The van der Waals surface area contributed by atoms with Crippen LogP contribution in [0.2, 0.25) is 0 Å². The standard InChI is InChI=1S/C40H24N8S/c1-3-29(23-43-13-1)39-45-33(25-9-15-41-16-10-25)21-35(47-39)27-5-7-37-31(19-27)32-20-28(6-8-38(32)49-37)36-22-34(26-11-17-42-18-12-26)46-40(48-36)30-4-2-14-44-24-30/h1-24H. The molecule has 9 rings (SSSR count). The first-order chi connectivity index (χ1) is 24.2. The van der Waals surface area contributed by atoms with Crippen LogP contribution in [0.3, 0.4) is 0 Å². The van der Waals surface area contributed by atoms with E-state index in [4.69, 9.17) is 19.9 Å². The number of rotatable bonds is 6. The maximum absolute atomic E-state index is 5.02. The molecule has 0 unspecified atom stereocenters. The van der Waals surface area contributed by atoms with E-state index in [-0.39, 0.29) is 0 Å². The first-order valence-electron chi connectivity index (χ1n) is 15.6. The molecule has 8 nitrogen and oxygen atoms in total. The maximum Gasteiger partial charge on any atom is 0.161 e. The number of thiophene rings is 1. The molecule has 0 saturated carbocycles. The van der Waals surface area contributed by atoms with Crippen molar-refractivity contribution in [3.05, 3.63) is 147 Å². The molecule has 0 fully saturated rings. The van der Waals surface area contributed by atoms with E-state index in [2.05, 4.69) is 56.3 Å². The molecular weight excluding hydrogens is 625 g/mol. The lowest BCUT2D eigenvalue weighted by Crippen LogP contribution is -1.96. The van der Waals surface area contributed by atoms with Crippen LogP contribution in [0.5, 0.6) is 0 Å². The molecule has 230 valence electrons. The smallest absolute Gasteiger partial charge is 0.161 e. The zero-order valence-electron chi connectivity index (χ0n) is 25.8. The predicted molar refractivity (Wildman–Crippen MR) is 194 cm³/mol. The molecule has 0 bridgehead atoms. The summed E-state index contributed by atoms with van der Waals surface area (Å²) in [7, 11) is 0. The highest BCUT2D eigenvalue weighted by molar-refractivity contribution is 7.25. The van der Waals surface area contributed by atoms with Crippen LogP contribution in [0.4, 0.5) is 0 Å². The number of benzene rings is 2. The molecular formula is C40H24N8S. The monoisotopic (exact) mass is 648 g/mol. The number of aromatic nitrogens is 8. The van der Waals surface area contributed by atoms with E-state index >= 15 is 0 Å². The molecule has 49 heavy (non-hydrogen) atoms. The molecule has 0 radical (unpaired) electrons. The van der Waals surface area contributed by atoms with Crippen LogP contribution in [-0.2, 0) is 0 Å². The molecule has 0 aliphatic heterocycles. The summed E-state index contributed by atoms with van der Waals surface area (Å²) in [5.41, 5.74) is 8.95. The Hall–Kier alpha value is -6.58. The number of hydrogen-bond donors (Lipinski definition) is 0. The predicted octanol–water partition coefficient (Wildman–Crippen LogP) is 9.22. The average Bonchev–Trinajstić information content (AvgIpc) is 3.56. The Morgan fingerprint density at radius 2 is 0.776 bits per heavy atom. The number of hydrogen-bond acceptors (Lipinski definition) is 9. The summed E-state index contributed by atoms with van der Waals surface area (Å²) in [6.45, 7) is 0. The van der Waals surface area contributed by atoms with Crippen LogP contribution in [0, 0.1) is 0 Å². The van der Waals surface area contributed by atoms with Gasteiger partial charge < -0.3 is 0 Å². The van der Waals surface area contributed by atoms with Crippen molar-refractivity contribution in [2.45, 2.75) is 0 Å². The quantitative estimate of drug-likeness (QED) is 0.176. The fourth-order valence-corrected chi connectivity index (χ4v) is 6.94. The van der Waals surface area contributed by atoms with Gasteiger partial charge in [0, 0.05) is 103 Å². The summed E-state index contributed by atoms with van der Waals surface area (Å²) in [6, 6.07) is 32.8. The molecule has 9 aromatic rings. The van der Waals surface area contributed by atoms with Crippen LogP contribution in [0.1, 0.15) is 0 Å². The van der Waals surface area contributed by atoms with Gasteiger partial charge in [-0.05, 0) is 84.9 Å².